The van der Waals surface area contributed by atoms with E-state index in [0.717, 1.165) is 5.56 Å². The van der Waals surface area contributed by atoms with Gasteiger partial charge < -0.3 is 5.32 Å². The monoisotopic (exact) mass is 293 g/mol. The van der Waals surface area contributed by atoms with Crippen LogP contribution in [0.25, 0.3) is 0 Å². The van der Waals surface area contributed by atoms with Crippen LogP contribution in [-0.2, 0) is 12.3 Å². The van der Waals surface area contributed by atoms with Gasteiger partial charge in [-0.3, -0.25) is 0 Å². The molecular formula is C17H18F3N. The predicted octanol–water partition coefficient (Wildman–Crippen LogP) is 4.14. The smallest absolute Gasteiger partial charge is 0.285 e. The van der Waals surface area contributed by atoms with Crippen LogP contribution in [-0.4, -0.2) is 12.6 Å². The van der Waals surface area contributed by atoms with Crippen LogP contribution in [0.4, 0.5) is 13.2 Å². The van der Waals surface area contributed by atoms with Crippen molar-refractivity contribution in [2.24, 2.45) is 0 Å². The SMILES string of the molecule is CC(Cc1ccc(F)cc1)NCC(F)(F)c1ccccc1. The highest BCUT2D eigenvalue weighted by atomic mass is 19.3. The molecule has 0 amide bonds. The Kier molecular flexibility index (Phi) is 5.02. The first-order valence-corrected chi connectivity index (χ1v) is 6.88. The number of hydrogen-bond donors (Lipinski definition) is 1. The van der Waals surface area contributed by atoms with E-state index in [4.69, 9.17) is 0 Å². The lowest BCUT2D eigenvalue weighted by atomic mass is 10.1. The minimum atomic E-state index is -2.90. The number of benzene rings is 2. The fraction of sp³-hybridized carbons (Fsp3) is 0.294. The molecule has 0 aliphatic heterocycles. The molecule has 0 spiro atoms. The lowest BCUT2D eigenvalue weighted by Crippen LogP contribution is -2.37. The number of halogens is 3. The van der Waals surface area contributed by atoms with Crippen LogP contribution in [0.5, 0.6) is 0 Å². The highest BCUT2D eigenvalue weighted by molar-refractivity contribution is 5.20. The zero-order chi connectivity index (χ0) is 15.3. The van der Waals surface area contributed by atoms with Crippen molar-refractivity contribution in [2.45, 2.75) is 25.3 Å². The van der Waals surface area contributed by atoms with Crippen molar-refractivity contribution in [3.8, 4) is 0 Å². The normalized spacial score (nSPS) is 13.1. The van der Waals surface area contributed by atoms with Gasteiger partial charge in [0.25, 0.3) is 5.92 Å². The van der Waals surface area contributed by atoms with E-state index >= 15 is 0 Å². The Labute approximate surface area is 122 Å². The van der Waals surface area contributed by atoms with Crippen molar-refractivity contribution in [3.63, 3.8) is 0 Å². The van der Waals surface area contributed by atoms with Gasteiger partial charge in [-0.2, -0.15) is 8.78 Å². The van der Waals surface area contributed by atoms with E-state index in [1.165, 1.54) is 24.3 Å². The summed E-state index contributed by atoms with van der Waals surface area (Å²) in [5.41, 5.74) is 0.922. The zero-order valence-electron chi connectivity index (χ0n) is 11.8. The fourth-order valence-electron chi connectivity index (χ4n) is 2.13. The summed E-state index contributed by atoms with van der Waals surface area (Å²) in [5, 5.41) is 2.84. The molecule has 1 N–H and O–H groups in total. The molecule has 112 valence electrons. The van der Waals surface area contributed by atoms with Gasteiger partial charge in [0.05, 0.1) is 6.54 Å². The van der Waals surface area contributed by atoms with Crippen molar-refractivity contribution < 1.29 is 13.2 Å². The second kappa shape index (κ2) is 6.76. The molecule has 0 bridgehead atoms. The molecule has 0 radical (unpaired) electrons. The van der Waals surface area contributed by atoms with E-state index in [-0.39, 0.29) is 17.4 Å². The van der Waals surface area contributed by atoms with Gasteiger partial charge in [-0.1, -0.05) is 42.5 Å². The first-order valence-electron chi connectivity index (χ1n) is 6.88. The summed E-state index contributed by atoms with van der Waals surface area (Å²) in [6, 6.07) is 13.7. The summed E-state index contributed by atoms with van der Waals surface area (Å²) in [4.78, 5) is 0. The Balaban J connectivity index is 1.88. The lowest BCUT2D eigenvalue weighted by molar-refractivity contribution is -0.00527. The molecule has 1 unspecified atom stereocenters. The molecule has 0 saturated carbocycles. The van der Waals surface area contributed by atoms with E-state index in [2.05, 4.69) is 5.32 Å². The van der Waals surface area contributed by atoms with Crippen LogP contribution in [0.1, 0.15) is 18.1 Å². The number of alkyl halides is 2. The summed E-state index contributed by atoms with van der Waals surface area (Å²) < 4.78 is 40.8. The highest BCUT2D eigenvalue weighted by Crippen LogP contribution is 2.26. The Morgan fingerprint density at radius 3 is 2.24 bits per heavy atom. The lowest BCUT2D eigenvalue weighted by Gasteiger charge is -2.21. The molecule has 2 rings (SSSR count). The van der Waals surface area contributed by atoms with Crippen molar-refractivity contribution in [1.29, 1.82) is 0 Å². The van der Waals surface area contributed by atoms with Gasteiger partial charge in [-0.05, 0) is 31.0 Å². The third-order valence-electron chi connectivity index (χ3n) is 3.32. The molecule has 0 aromatic heterocycles. The van der Waals surface area contributed by atoms with Gasteiger partial charge in [0.15, 0.2) is 0 Å². The predicted molar refractivity (Wildman–Crippen MR) is 77.9 cm³/mol. The fourth-order valence-corrected chi connectivity index (χ4v) is 2.13. The quantitative estimate of drug-likeness (QED) is 0.844. The Morgan fingerprint density at radius 2 is 1.62 bits per heavy atom. The van der Waals surface area contributed by atoms with Gasteiger partial charge in [0.2, 0.25) is 0 Å². The minimum absolute atomic E-state index is 0.00600. The van der Waals surface area contributed by atoms with E-state index in [0.29, 0.717) is 6.42 Å². The van der Waals surface area contributed by atoms with Crippen LogP contribution in [0.15, 0.2) is 54.6 Å². The van der Waals surface area contributed by atoms with Crippen molar-refractivity contribution >= 4 is 0 Å². The van der Waals surface area contributed by atoms with Crippen LogP contribution in [0.3, 0.4) is 0 Å². The highest BCUT2D eigenvalue weighted by Gasteiger charge is 2.31. The topological polar surface area (TPSA) is 12.0 Å². The Bertz CT molecular complexity index is 552. The third-order valence-corrected chi connectivity index (χ3v) is 3.32. The van der Waals surface area contributed by atoms with Gasteiger partial charge in [-0.15, -0.1) is 0 Å². The van der Waals surface area contributed by atoms with Crippen molar-refractivity contribution in [2.75, 3.05) is 6.54 Å². The van der Waals surface area contributed by atoms with Crippen LogP contribution in [0.2, 0.25) is 0 Å². The summed E-state index contributed by atoms with van der Waals surface area (Å²) in [7, 11) is 0. The zero-order valence-corrected chi connectivity index (χ0v) is 11.8. The average molecular weight is 293 g/mol. The maximum Gasteiger partial charge on any atom is 0.285 e. The molecular weight excluding hydrogens is 275 g/mol. The molecule has 0 saturated heterocycles. The maximum atomic E-state index is 14.0. The summed E-state index contributed by atoms with van der Waals surface area (Å²) in [6.07, 6.45) is 0.575. The minimum Gasteiger partial charge on any atom is -0.308 e. The number of nitrogens with one attached hydrogen (secondary N) is 1. The Morgan fingerprint density at radius 1 is 1.00 bits per heavy atom. The van der Waals surface area contributed by atoms with Gasteiger partial charge in [0, 0.05) is 11.6 Å². The largest absolute Gasteiger partial charge is 0.308 e. The van der Waals surface area contributed by atoms with Crippen LogP contribution >= 0.6 is 0 Å². The van der Waals surface area contributed by atoms with Gasteiger partial charge >= 0.3 is 0 Å². The average Bonchev–Trinajstić information content (AvgIpc) is 2.49. The number of hydrogen-bond acceptors (Lipinski definition) is 1. The van der Waals surface area contributed by atoms with Crippen LogP contribution in [0, 0.1) is 5.82 Å². The van der Waals surface area contributed by atoms with E-state index in [1.54, 1.807) is 30.3 Å². The molecule has 0 heterocycles. The standard InChI is InChI=1S/C17H18F3N/c1-13(11-14-7-9-16(18)10-8-14)21-12-17(19,20)15-5-3-2-4-6-15/h2-10,13,21H,11-12H2,1H3. The first-order chi connectivity index (χ1) is 9.97. The molecule has 2 aromatic carbocycles. The summed E-state index contributed by atoms with van der Waals surface area (Å²) >= 11 is 0. The summed E-state index contributed by atoms with van der Waals surface area (Å²) in [5.74, 6) is -3.20. The molecule has 1 nitrogen and oxygen atoms in total. The van der Waals surface area contributed by atoms with E-state index in [9.17, 15) is 13.2 Å². The van der Waals surface area contributed by atoms with Crippen LogP contribution < -0.4 is 5.32 Å². The Hall–Kier alpha value is -1.81. The van der Waals surface area contributed by atoms with E-state index < -0.39 is 12.5 Å². The van der Waals surface area contributed by atoms with Gasteiger partial charge in [0.1, 0.15) is 5.82 Å². The second-order valence-electron chi connectivity index (χ2n) is 5.18. The van der Waals surface area contributed by atoms with E-state index in [1.807, 2.05) is 6.92 Å². The number of rotatable bonds is 6. The summed E-state index contributed by atoms with van der Waals surface area (Å²) in [6.45, 7) is 1.42. The molecule has 0 aliphatic carbocycles. The molecule has 0 aliphatic rings. The molecule has 1 atom stereocenters. The second-order valence-corrected chi connectivity index (χ2v) is 5.18. The molecule has 0 fully saturated rings. The van der Waals surface area contributed by atoms with Crippen molar-refractivity contribution in [3.05, 3.63) is 71.5 Å². The molecule has 4 heteroatoms. The van der Waals surface area contributed by atoms with Gasteiger partial charge in [-0.25, -0.2) is 4.39 Å². The molecule has 2 aromatic rings. The maximum absolute atomic E-state index is 14.0. The van der Waals surface area contributed by atoms with Crippen molar-refractivity contribution in [1.82, 2.24) is 5.32 Å². The third kappa shape index (κ3) is 4.60. The molecule has 21 heavy (non-hydrogen) atoms. The first kappa shape index (κ1) is 15.6.